The van der Waals surface area contributed by atoms with Crippen molar-refractivity contribution in [3.05, 3.63) is 65.5 Å². The average Bonchev–Trinajstić information content (AvgIpc) is 2.89. The smallest absolute Gasteiger partial charge is 0.253 e. The first-order chi connectivity index (χ1) is 11.5. The highest BCUT2D eigenvalue weighted by Crippen LogP contribution is 2.22. The van der Waals surface area contributed by atoms with Crippen molar-refractivity contribution in [1.29, 1.82) is 0 Å². The minimum Gasteiger partial charge on any atom is -0.337 e. The van der Waals surface area contributed by atoms with Gasteiger partial charge in [-0.25, -0.2) is 4.98 Å². The van der Waals surface area contributed by atoms with E-state index in [0.717, 1.165) is 22.4 Å². The molecule has 124 valence electrons. The largest absolute Gasteiger partial charge is 0.337 e. The predicted molar refractivity (Wildman–Crippen MR) is 97.1 cm³/mol. The number of nitrogens with zero attached hydrogens (tertiary/aromatic N) is 3. The lowest BCUT2D eigenvalue weighted by Gasteiger charge is -2.17. The Morgan fingerprint density at radius 2 is 1.88 bits per heavy atom. The first-order valence-corrected chi connectivity index (χ1v) is 8.25. The maximum atomic E-state index is 12.7. The van der Waals surface area contributed by atoms with Crippen molar-refractivity contribution in [2.24, 2.45) is 0 Å². The molecule has 0 aliphatic carbocycles. The molecule has 3 aromatic rings. The average molecular weight is 321 g/mol. The van der Waals surface area contributed by atoms with E-state index >= 15 is 0 Å². The van der Waals surface area contributed by atoms with Crippen LogP contribution in [0.4, 0.5) is 0 Å². The predicted octanol–water partition coefficient (Wildman–Crippen LogP) is 4.20. The third-order valence-corrected chi connectivity index (χ3v) is 4.24. The zero-order valence-corrected chi connectivity index (χ0v) is 14.7. The lowest BCUT2D eigenvalue weighted by atomic mass is 10.1. The fourth-order valence-electron chi connectivity index (χ4n) is 3.15. The Hall–Kier alpha value is -2.62. The number of carbonyl (C=O) groups is 1. The second kappa shape index (κ2) is 6.48. The van der Waals surface area contributed by atoms with Crippen molar-refractivity contribution in [3.63, 3.8) is 0 Å². The van der Waals surface area contributed by atoms with Crippen molar-refractivity contribution in [3.8, 4) is 0 Å². The Balaban J connectivity index is 1.87. The highest BCUT2D eigenvalue weighted by Gasteiger charge is 2.16. The molecular weight excluding hydrogens is 298 g/mol. The lowest BCUT2D eigenvalue weighted by molar-refractivity contribution is 0.0785. The van der Waals surface area contributed by atoms with Gasteiger partial charge in [0.05, 0.1) is 11.0 Å². The van der Waals surface area contributed by atoms with Crippen LogP contribution >= 0.6 is 0 Å². The third kappa shape index (κ3) is 3.04. The van der Waals surface area contributed by atoms with Gasteiger partial charge in [0.15, 0.2) is 0 Å². The summed E-state index contributed by atoms with van der Waals surface area (Å²) in [6.45, 7) is 6.88. The number of benzene rings is 2. The number of rotatable bonds is 4. The Morgan fingerprint density at radius 1 is 1.17 bits per heavy atom. The molecule has 0 bridgehead atoms. The molecule has 4 nitrogen and oxygen atoms in total. The van der Waals surface area contributed by atoms with Gasteiger partial charge in [0.1, 0.15) is 5.82 Å². The summed E-state index contributed by atoms with van der Waals surface area (Å²) in [6, 6.07) is 16.1. The molecule has 0 spiro atoms. The molecule has 0 atom stereocenters. The van der Waals surface area contributed by atoms with Gasteiger partial charge >= 0.3 is 0 Å². The highest BCUT2D eigenvalue weighted by atomic mass is 16.2. The summed E-state index contributed by atoms with van der Waals surface area (Å²) in [5, 5.41) is 0. The quantitative estimate of drug-likeness (QED) is 0.722. The van der Waals surface area contributed by atoms with Crippen molar-refractivity contribution >= 4 is 16.9 Å². The van der Waals surface area contributed by atoms with Crippen LogP contribution < -0.4 is 0 Å². The molecule has 0 aliphatic heterocycles. The van der Waals surface area contributed by atoms with Gasteiger partial charge in [-0.05, 0) is 44.5 Å². The fraction of sp³-hybridized carbons (Fsp3) is 0.300. The monoisotopic (exact) mass is 321 g/mol. The Labute approximate surface area is 142 Å². The molecule has 24 heavy (non-hydrogen) atoms. The van der Waals surface area contributed by atoms with Crippen LogP contribution in [-0.2, 0) is 6.54 Å². The van der Waals surface area contributed by atoms with Crippen LogP contribution in [0.2, 0.25) is 0 Å². The minimum atomic E-state index is 0.0116. The van der Waals surface area contributed by atoms with Gasteiger partial charge in [0.25, 0.3) is 5.91 Å². The van der Waals surface area contributed by atoms with Crippen LogP contribution in [-0.4, -0.2) is 27.4 Å². The van der Waals surface area contributed by atoms with E-state index in [9.17, 15) is 4.79 Å². The standard InChI is InChI=1S/C20H23N3O/c1-14(2)23-15(3)21-18-12-17(10-11-19(18)23)20(24)22(4)13-16-8-6-5-7-9-16/h5-12,14H,13H2,1-4H3. The summed E-state index contributed by atoms with van der Waals surface area (Å²) in [5.74, 6) is 0.986. The molecule has 3 rings (SSSR count). The lowest BCUT2D eigenvalue weighted by Crippen LogP contribution is -2.26. The van der Waals surface area contributed by atoms with E-state index in [2.05, 4.69) is 23.4 Å². The highest BCUT2D eigenvalue weighted by molar-refractivity contribution is 5.97. The summed E-state index contributed by atoms with van der Waals surface area (Å²) >= 11 is 0. The molecule has 0 saturated carbocycles. The van der Waals surface area contributed by atoms with E-state index in [4.69, 9.17) is 0 Å². The normalized spacial score (nSPS) is 11.2. The van der Waals surface area contributed by atoms with Gasteiger partial charge in [0, 0.05) is 25.2 Å². The summed E-state index contributed by atoms with van der Waals surface area (Å²) in [5.41, 5.74) is 3.74. The third-order valence-electron chi connectivity index (χ3n) is 4.24. The maximum Gasteiger partial charge on any atom is 0.253 e. The van der Waals surface area contributed by atoms with Crippen molar-refractivity contribution in [1.82, 2.24) is 14.5 Å². The molecule has 0 radical (unpaired) electrons. The molecule has 4 heteroatoms. The number of imidazole rings is 1. The zero-order valence-electron chi connectivity index (χ0n) is 14.7. The summed E-state index contributed by atoms with van der Waals surface area (Å²) in [7, 11) is 1.83. The molecule has 1 amide bonds. The van der Waals surface area contributed by atoms with Crippen LogP contribution in [0.1, 0.15) is 41.6 Å². The zero-order chi connectivity index (χ0) is 17.3. The SMILES string of the molecule is Cc1nc2cc(C(=O)N(C)Cc3ccccc3)ccc2n1C(C)C. The number of aryl methyl sites for hydroxylation is 1. The van der Waals surface area contributed by atoms with E-state index in [1.54, 1.807) is 4.90 Å². The number of amides is 1. The Bertz CT molecular complexity index is 865. The molecule has 0 aliphatic rings. The van der Waals surface area contributed by atoms with Crippen molar-refractivity contribution < 1.29 is 4.79 Å². The summed E-state index contributed by atoms with van der Waals surface area (Å²) in [6.07, 6.45) is 0. The topological polar surface area (TPSA) is 38.1 Å². The van der Waals surface area contributed by atoms with E-state index in [1.807, 2.05) is 62.5 Å². The number of aromatic nitrogens is 2. The molecule has 0 unspecified atom stereocenters. The minimum absolute atomic E-state index is 0.0116. The molecular formula is C20H23N3O. The van der Waals surface area contributed by atoms with Crippen LogP contribution in [0, 0.1) is 6.92 Å². The second-order valence-electron chi connectivity index (χ2n) is 6.47. The summed E-state index contributed by atoms with van der Waals surface area (Å²) < 4.78 is 2.19. The van der Waals surface area contributed by atoms with E-state index in [1.165, 1.54) is 0 Å². The van der Waals surface area contributed by atoms with Gasteiger partial charge in [-0.3, -0.25) is 4.79 Å². The first-order valence-electron chi connectivity index (χ1n) is 8.25. The van der Waals surface area contributed by atoms with Crippen molar-refractivity contribution in [2.75, 3.05) is 7.05 Å². The van der Waals surface area contributed by atoms with E-state index in [0.29, 0.717) is 18.2 Å². The Morgan fingerprint density at radius 3 is 2.54 bits per heavy atom. The van der Waals surface area contributed by atoms with Gasteiger partial charge in [-0.1, -0.05) is 30.3 Å². The van der Waals surface area contributed by atoms with Crippen LogP contribution in [0.15, 0.2) is 48.5 Å². The number of fused-ring (bicyclic) bond motifs is 1. The second-order valence-corrected chi connectivity index (χ2v) is 6.47. The molecule has 2 aromatic carbocycles. The summed E-state index contributed by atoms with van der Waals surface area (Å²) in [4.78, 5) is 19.1. The van der Waals surface area contributed by atoms with E-state index < -0.39 is 0 Å². The number of hydrogen-bond donors (Lipinski definition) is 0. The number of carbonyl (C=O) groups excluding carboxylic acids is 1. The molecule has 0 fully saturated rings. The maximum absolute atomic E-state index is 12.7. The van der Waals surface area contributed by atoms with Crippen LogP contribution in [0.3, 0.4) is 0 Å². The molecule has 1 aromatic heterocycles. The molecule has 0 saturated heterocycles. The van der Waals surface area contributed by atoms with Crippen molar-refractivity contribution in [2.45, 2.75) is 33.4 Å². The number of hydrogen-bond acceptors (Lipinski definition) is 2. The van der Waals surface area contributed by atoms with Crippen LogP contribution in [0.5, 0.6) is 0 Å². The van der Waals surface area contributed by atoms with Gasteiger partial charge in [-0.2, -0.15) is 0 Å². The fourth-order valence-corrected chi connectivity index (χ4v) is 3.15. The van der Waals surface area contributed by atoms with Gasteiger partial charge in [-0.15, -0.1) is 0 Å². The molecule has 1 heterocycles. The first kappa shape index (κ1) is 16.2. The van der Waals surface area contributed by atoms with E-state index in [-0.39, 0.29) is 5.91 Å². The molecule has 0 N–H and O–H groups in total. The van der Waals surface area contributed by atoms with Crippen LogP contribution in [0.25, 0.3) is 11.0 Å². The Kier molecular flexibility index (Phi) is 4.38. The van der Waals surface area contributed by atoms with Gasteiger partial charge in [0.2, 0.25) is 0 Å². The van der Waals surface area contributed by atoms with Gasteiger partial charge < -0.3 is 9.47 Å².